The average Bonchev–Trinajstić information content (AvgIpc) is 2.86. The molecule has 2 rings (SSSR count). The van der Waals surface area contributed by atoms with Crippen molar-refractivity contribution in [1.82, 2.24) is 15.0 Å². The molecule has 179 valence electrons. The third-order valence-corrected chi connectivity index (χ3v) is 6.09. The molecule has 0 aliphatic carbocycles. The van der Waals surface area contributed by atoms with E-state index in [0.717, 1.165) is 17.5 Å². The van der Waals surface area contributed by atoms with Gasteiger partial charge in [-0.15, -0.1) is 14.7 Å². The molecule has 1 unspecified atom stereocenters. The molecule has 0 aliphatic heterocycles. The van der Waals surface area contributed by atoms with Crippen LogP contribution in [-0.2, 0) is 12.8 Å². The first-order valence-electron chi connectivity index (χ1n) is 11.3. The van der Waals surface area contributed by atoms with Crippen molar-refractivity contribution in [2.75, 3.05) is 26.7 Å². The quantitative estimate of drug-likeness (QED) is 0.201. The molecule has 0 bridgehead atoms. The Morgan fingerprint density at radius 2 is 1.35 bits per heavy atom. The van der Waals surface area contributed by atoms with Gasteiger partial charge in [0.25, 0.3) is 0 Å². The molecule has 0 spiro atoms. The third kappa shape index (κ3) is 9.48. The summed E-state index contributed by atoms with van der Waals surface area (Å²) in [7, 11) is 1.57. The number of hydrogen-bond acceptors (Lipinski definition) is 6. The number of rotatable bonds is 16. The molecule has 1 radical (unpaired) electrons. The summed E-state index contributed by atoms with van der Waals surface area (Å²) < 4.78 is 0. The SMILES string of the molecule is CCC(C)[C@@H](CN(N=O)[C@@H](Cc1ccccc1)CN(C)N=O)N(CCc1ccccc1)N=O.[Na]. The van der Waals surface area contributed by atoms with Gasteiger partial charge in [-0.2, -0.15) is 0 Å². The smallest absolute Gasteiger partial charge is 0.0736 e. The van der Waals surface area contributed by atoms with Crippen LogP contribution in [0.1, 0.15) is 31.4 Å². The minimum Gasteiger partial charge on any atom is -0.262 e. The fraction of sp³-hybridized carbons (Fsp3) is 0.500. The van der Waals surface area contributed by atoms with Crippen molar-refractivity contribution in [2.24, 2.45) is 21.8 Å². The Labute approximate surface area is 224 Å². The van der Waals surface area contributed by atoms with E-state index in [-0.39, 0.29) is 60.6 Å². The molecule has 0 saturated carbocycles. The van der Waals surface area contributed by atoms with Crippen LogP contribution in [0.25, 0.3) is 0 Å². The van der Waals surface area contributed by atoms with Crippen LogP contribution in [0.3, 0.4) is 0 Å². The van der Waals surface area contributed by atoms with Gasteiger partial charge in [-0.05, 0) is 29.9 Å². The number of nitroso groups, excluding NO2 is 3. The summed E-state index contributed by atoms with van der Waals surface area (Å²) in [4.78, 5) is 34.8. The van der Waals surface area contributed by atoms with E-state index in [1.165, 1.54) is 15.0 Å². The van der Waals surface area contributed by atoms with Crippen molar-refractivity contribution in [3.8, 4) is 0 Å². The maximum Gasteiger partial charge on any atom is 0.0736 e. The van der Waals surface area contributed by atoms with Crippen LogP contribution in [0.15, 0.2) is 76.5 Å². The number of nitrogens with zero attached hydrogens (tertiary/aromatic N) is 6. The van der Waals surface area contributed by atoms with Crippen molar-refractivity contribution in [3.63, 3.8) is 0 Å². The van der Waals surface area contributed by atoms with Gasteiger partial charge in [-0.25, -0.2) is 0 Å². The zero-order valence-corrected chi connectivity index (χ0v) is 22.7. The Kier molecular flexibility index (Phi) is 14.2. The van der Waals surface area contributed by atoms with Crippen LogP contribution in [0.4, 0.5) is 0 Å². The van der Waals surface area contributed by atoms with Gasteiger partial charge in [0.05, 0.1) is 41.0 Å². The second-order valence-electron chi connectivity index (χ2n) is 8.40. The van der Waals surface area contributed by atoms with E-state index in [2.05, 4.69) is 15.9 Å². The van der Waals surface area contributed by atoms with Gasteiger partial charge in [0.15, 0.2) is 0 Å². The topological polar surface area (TPSA) is 98.0 Å². The number of hydrogen-bond donors (Lipinski definition) is 0. The van der Waals surface area contributed by atoms with Crippen molar-refractivity contribution in [1.29, 1.82) is 0 Å². The second-order valence-corrected chi connectivity index (χ2v) is 8.40. The fourth-order valence-corrected chi connectivity index (χ4v) is 3.92. The van der Waals surface area contributed by atoms with Crippen LogP contribution in [-0.4, -0.2) is 83.3 Å². The summed E-state index contributed by atoms with van der Waals surface area (Å²) >= 11 is 0. The summed E-state index contributed by atoms with van der Waals surface area (Å²) in [5.74, 6) is 0.0991. The summed E-state index contributed by atoms with van der Waals surface area (Å²) in [6, 6.07) is 18.9. The van der Waals surface area contributed by atoms with Crippen LogP contribution in [0.5, 0.6) is 0 Å². The first-order chi connectivity index (χ1) is 16.0. The molecule has 0 fully saturated rings. The Morgan fingerprint density at radius 3 is 1.85 bits per heavy atom. The van der Waals surface area contributed by atoms with Crippen molar-refractivity contribution >= 4 is 29.6 Å². The summed E-state index contributed by atoms with van der Waals surface area (Å²) in [6.07, 6.45) is 1.99. The minimum absolute atomic E-state index is 0. The van der Waals surface area contributed by atoms with E-state index in [9.17, 15) is 14.7 Å². The van der Waals surface area contributed by atoms with Gasteiger partial charge < -0.3 is 0 Å². The van der Waals surface area contributed by atoms with Gasteiger partial charge >= 0.3 is 0 Å². The molecule has 0 heterocycles. The van der Waals surface area contributed by atoms with Gasteiger partial charge in [-0.1, -0.05) is 80.9 Å². The molecular weight excluding hydrogens is 443 g/mol. The summed E-state index contributed by atoms with van der Waals surface area (Å²) in [6.45, 7) is 4.98. The summed E-state index contributed by atoms with van der Waals surface area (Å²) in [5.41, 5.74) is 2.13. The number of benzene rings is 2. The molecule has 0 amide bonds. The molecule has 0 saturated heterocycles. The Morgan fingerprint density at radius 1 is 0.794 bits per heavy atom. The Bertz CT molecular complexity index is 845. The largest absolute Gasteiger partial charge is 0.262 e. The van der Waals surface area contributed by atoms with Crippen LogP contribution in [0, 0.1) is 20.6 Å². The number of likely N-dealkylation sites (N-methyl/N-ethyl adjacent to an activating group) is 1. The van der Waals surface area contributed by atoms with Crippen molar-refractivity contribution in [2.45, 2.75) is 45.2 Å². The molecule has 34 heavy (non-hydrogen) atoms. The Balaban J connectivity index is 0.00000578. The second kappa shape index (κ2) is 16.3. The normalized spacial score (nSPS) is 13.0. The molecule has 3 atom stereocenters. The maximum atomic E-state index is 12.0. The monoisotopic (exact) mass is 477 g/mol. The Hall–Kier alpha value is -2.36. The molecule has 0 N–H and O–H groups in total. The zero-order chi connectivity index (χ0) is 24.1. The van der Waals surface area contributed by atoms with E-state index in [4.69, 9.17) is 0 Å². The molecule has 0 aromatic heterocycles. The predicted molar refractivity (Wildman–Crippen MR) is 137 cm³/mol. The fourth-order valence-electron chi connectivity index (χ4n) is 3.92. The van der Waals surface area contributed by atoms with Gasteiger partial charge in [-0.3, -0.25) is 15.0 Å². The van der Waals surface area contributed by atoms with E-state index in [1.807, 2.05) is 74.5 Å². The minimum atomic E-state index is -0.387. The maximum absolute atomic E-state index is 12.0. The predicted octanol–water partition coefficient (Wildman–Crippen LogP) is 4.45. The molecule has 9 nitrogen and oxygen atoms in total. The van der Waals surface area contributed by atoms with Gasteiger partial charge in [0, 0.05) is 43.1 Å². The van der Waals surface area contributed by atoms with Crippen molar-refractivity contribution < 1.29 is 0 Å². The molecule has 2 aromatic rings. The molecule has 10 heteroatoms. The standard InChI is InChI=1S/C24H34N6O3.Na/c1-4-20(2)24(29(26-32)16-15-21-11-7-5-8-12-21)19-30(27-33)23(18-28(3)25-31)17-22-13-9-6-10-14-22;/h5-14,20,23-24H,4,15-19H2,1-3H3;/t20?,23-,24+;/m0./s1. The zero-order valence-electron chi connectivity index (χ0n) is 20.7. The van der Waals surface area contributed by atoms with Crippen molar-refractivity contribution in [3.05, 3.63) is 86.5 Å². The van der Waals surface area contributed by atoms with Gasteiger partial charge in [0.1, 0.15) is 0 Å². The summed E-state index contributed by atoms with van der Waals surface area (Å²) in [5, 5.41) is 13.8. The van der Waals surface area contributed by atoms with E-state index in [1.54, 1.807) is 7.05 Å². The van der Waals surface area contributed by atoms with E-state index >= 15 is 0 Å². The van der Waals surface area contributed by atoms with Crippen LogP contribution < -0.4 is 0 Å². The van der Waals surface area contributed by atoms with Crippen LogP contribution in [0.2, 0.25) is 0 Å². The average molecular weight is 478 g/mol. The first-order valence-corrected chi connectivity index (χ1v) is 11.3. The van der Waals surface area contributed by atoms with Gasteiger partial charge in [0.2, 0.25) is 0 Å². The van der Waals surface area contributed by atoms with Crippen LogP contribution >= 0.6 is 0 Å². The first kappa shape index (κ1) is 29.7. The molecule has 2 aromatic carbocycles. The molecular formula is C24H34N6NaO3. The van der Waals surface area contributed by atoms with E-state index in [0.29, 0.717) is 19.4 Å². The molecule has 0 aliphatic rings. The third-order valence-electron chi connectivity index (χ3n) is 6.09. The van der Waals surface area contributed by atoms with E-state index < -0.39 is 0 Å².